The summed E-state index contributed by atoms with van der Waals surface area (Å²) < 4.78 is 0. The molecule has 1 nitrogen and oxygen atoms in total. The minimum absolute atomic E-state index is 0.353. The van der Waals surface area contributed by atoms with Crippen molar-refractivity contribution in [2.24, 2.45) is 0 Å². The Labute approximate surface area is 69.7 Å². The number of benzene rings is 1. The lowest BCUT2D eigenvalue weighted by Gasteiger charge is -2.08. The first-order chi connectivity index (χ1) is 5.36. The van der Waals surface area contributed by atoms with E-state index in [9.17, 15) is 0 Å². The van der Waals surface area contributed by atoms with Crippen molar-refractivity contribution in [2.45, 2.75) is 4.90 Å². The Bertz CT molecular complexity index is 304. The SMILES string of the molecule is Oc1ccc2c(c1)SCC=C2. The van der Waals surface area contributed by atoms with Gasteiger partial charge in [0.2, 0.25) is 0 Å². The molecular formula is C9H8OS. The van der Waals surface area contributed by atoms with Gasteiger partial charge in [0.15, 0.2) is 0 Å². The number of phenolic OH excluding ortho intramolecular Hbond substituents is 1. The van der Waals surface area contributed by atoms with Crippen molar-refractivity contribution in [1.82, 2.24) is 0 Å². The normalized spacial score (nSPS) is 14.5. The van der Waals surface area contributed by atoms with Crippen LogP contribution < -0.4 is 0 Å². The van der Waals surface area contributed by atoms with Crippen LogP contribution in [0.2, 0.25) is 0 Å². The zero-order valence-electron chi connectivity index (χ0n) is 5.95. The average Bonchev–Trinajstić information content (AvgIpc) is 2.04. The molecule has 0 saturated heterocycles. The van der Waals surface area contributed by atoms with E-state index in [0.29, 0.717) is 5.75 Å². The number of hydrogen-bond acceptors (Lipinski definition) is 2. The van der Waals surface area contributed by atoms with E-state index in [2.05, 4.69) is 12.2 Å². The average molecular weight is 164 g/mol. The van der Waals surface area contributed by atoms with Crippen molar-refractivity contribution in [2.75, 3.05) is 5.75 Å². The maximum absolute atomic E-state index is 9.15. The Morgan fingerprint density at radius 3 is 3.18 bits per heavy atom. The first-order valence-electron chi connectivity index (χ1n) is 3.48. The quantitative estimate of drug-likeness (QED) is 0.635. The molecule has 0 atom stereocenters. The van der Waals surface area contributed by atoms with Gasteiger partial charge in [-0.25, -0.2) is 0 Å². The summed E-state index contributed by atoms with van der Waals surface area (Å²) in [6.07, 6.45) is 4.22. The van der Waals surface area contributed by atoms with E-state index in [-0.39, 0.29) is 0 Å². The number of thioether (sulfide) groups is 1. The van der Waals surface area contributed by atoms with E-state index in [1.165, 1.54) is 10.5 Å². The van der Waals surface area contributed by atoms with Crippen LogP contribution in [0.1, 0.15) is 5.56 Å². The molecule has 1 aliphatic rings. The molecule has 1 N–H and O–H groups in total. The second kappa shape index (κ2) is 2.62. The summed E-state index contributed by atoms with van der Waals surface area (Å²) in [5.74, 6) is 1.36. The standard InChI is InChI=1S/C9H8OS/c10-8-4-3-7-2-1-5-11-9(7)6-8/h1-4,6,10H,5H2. The van der Waals surface area contributed by atoms with E-state index in [1.807, 2.05) is 12.1 Å². The lowest BCUT2D eigenvalue weighted by molar-refractivity contribution is 0.473. The van der Waals surface area contributed by atoms with Gasteiger partial charge in [-0.3, -0.25) is 0 Å². The molecule has 56 valence electrons. The predicted molar refractivity (Wildman–Crippen MR) is 47.9 cm³/mol. The summed E-state index contributed by atoms with van der Waals surface area (Å²) in [7, 11) is 0. The van der Waals surface area contributed by atoms with Gasteiger partial charge in [-0.1, -0.05) is 18.2 Å². The van der Waals surface area contributed by atoms with Gasteiger partial charge in [-0.15, -0.1) is 11.8 Å². The molecule has 0 aliphatic carbocycles. The van der Waals surface area contributed by atoms with E-state index in [0.717, 1.165) is 5.75 Å². The molecule has 0 unspecified atom stereocenters. The third-order valence-electron chi connectivity index (χ3n) is 1.63. The van der Waals surface area contributed by atoms with Crippen LogP contribution in [0, 0.1) is 0 Å². The summed E-state index contributed by atoms with van der Waals surface area (Å²) >= 11 is 1.76. The Hall–Kier alpha value is -0.890. The molecule has 0 amide bonds. The molecule has 0 fully saturated rings. The lowest BCUT2D eigenvalue weighted by atomic mass is 10.2. The molecule has 1 aliphatic heterocycles. The van der Waals surface area contributed by atoms with Crippen molar-refractivity contribution >= 4 is 17.8 Å². The van der Waals surface area contributed by atoms with Gasteiger partial charge in [-0.05, 0) is 17.7 Å². The predicted octanol–water partition coefficient (Wildman–Crippen LogP) is 2.51. The van der Waals surface area contributed by atoms with Crippen molar-refractivity contribution in [1.29, 1.82) is 0 Å². The highest BCUT2D eigenvalue weighted by Crippen LogP contribution is 2.30. The van der Waals surface area contributed by atoms with Crippen LogP contribution in [0.15, 0.2) is 29.2 Å². The Morgan fingerprint density at radius 1 is 1.36 bits per heavy atom. The molecule has 0 spiro atoms. The largest absolute Gasteiger partial charge is 0.508 e. The van der Waals surface area contributed by atoms with Gasteiger partial charge >= 0.3 is 0 Å². The second-order valence-electron chi connectivity index (χ2n) is 2.44. The fraction of sp³-hybridized carbons (Fsp3) is 0.111. The minimum atomic E-state index is 0.353. The number of rotatable bonds is 0. The number of aromatic hydroxyl groups is 1. The van der Waals surface area contributed by atoms with Crippen molar-refractivity contribution < 1.29 is 5.11 Å². The van der Waals surface area contributed by atoms with Crippen LogP contribution in [-0.4, -0.2) is 10.9 Å². The summed E-state index contributed by atoms with van der Waals surface area (Å²) in [6.45, 7) is 0. The van der Waals surface area contributed by atoms with Gasteiger partial charge in [-0.2, -0.15) is 0 Å². The van der Waals surface area contributed by atoms with Crippen LogP contribution in [0.3, 0.4) is 0 Å². The summed E-state index contributed by atoms with van der Waals surface area (Å²) in [5.41, 5.74) is 1.21. The van der Waals surface area contributed by atoms with Crippen LogP contribution in [0.25, 0.3) is 6.08 Å². The molecule has 0 aromatic heterocycles. The first kappa shape index (κ1) is 6.80. The number of phenols is 1. The van der Waals surface area contributed by atoms with E-state index >= 15 is 0 Å². The van der Waals surface area contributed by atoms with Crippen LogP contribution in [0.5, 0.6) is 5.75 Å². The van der Waals surface area contributed by atoms with Crippen LogP contribution in [-0.2, 0) is 0 Å². The monoisotopic (exact) mass is 164 g/mol. The smallest absolute Gasteiger partial charge is 0.116 e. The minimum Gasteiger partial charge on any atom is -0.508 e. The van der Waals surface area contributed by atoms with E-state index in [1.54, 1.807) is 17.8 Å². The van der Waals surface area contributed by atoms with Crippen molar-refractivity contribution in [3.63, 3.8) is 0 Å². The van der Waals surface area contributed by atoms with Crippen molar-refractivity contribution in [3.8, 4) is 5.75 Å². The number of hydrogen-bond donors (Lipinski definition) is 1. The summed E-state index contributed by atoms with van der Waals surface area (Å²) in [5, 5.41) is 9.15. The van der Waals surface area contributed by atoms with Crippen LogP contribution >= 0.6 is 11.8 Å². The van der Waals surface area contributed by atoms with Crippen molar-refractivity contribution in [3.05, 3.63) is 29.8 Å². The van der Waals surface area contributed by atoms with Crippen LogP contribution in [0.4, 0.5) is 0 Å². The zero-order valence-corrected chi connectivity index (χ0v) is 6.77. The molecule has 0 radical (unpaired) electrons. The summed E-state index contributed by atoms with van der Waals surface area (Å²) in [4.78, 5) is 1.17. The Balaban J connectivity index is 2.53. The van der Waals surface area contributed by atoms with Gasteiger partial charge in [0, 0.05) is 10.6 Å². The molecule has 2 heteroatoms. The molecule has 0 bridgehead atoms. The van der Waals surface area contributed by atoms with Gasteiger partial charge in [0.1, 0.15) is 5.75 Å². The molecule has 11 heavy (non-hydrogen) atoms. The maximum Gasteiger partial charge on any atom is 0.116 e. The Morgan fingerprint density at radius 2 is 2.27 bits per heavy atom. The fourth-order valence-corrected chi connectivity index (χ4v) is 1.98. The maximum atomic E-state index is 9.15. The summed E-state index contributed by atoms with van der Waals surface area (Å²) in [6, 6.07) is 5.46. The fourth-order valence-electron chi connectivity index (χ4n) is 1.10. The van der Waals surface area contributed by atoms with Gasteiger partial charge < -0.3 is 5.11 Å². The molecule has 1 heterocycles. The van der Waals surface area contributed by atoms with Gasteiger partial charge in [0.25, 0.3) is 0 Å². The highest BCUT2D eigenvalue weighted by atomic mass is 32.2. The molecule has 0 saturated carbocycles. The molecular weight excluding hydrogens is 156 g/mol. The van der Waals surface area contributed by atoms with Gasteiger partial charge in [0.05, 0.1) is 0 Å². The third-order valence-corrected chi connectivity index (χ3v) is 2.65. The molecule has 1 aromatic rings. The Kier molecular flexibility index (Phi) is 1.62. The molecule has 2 rings (SSSR count). The highest BCUT2D eigenvalue weighted by Gasteiger charge is 2.04. The topological polar surface area (TPSA) is 20.2 Å². The third kappa shape index (κ3) is 1.26. The lowest BCUT2D eigenvalue weighted by Crippen LogP contribution is -1.85. The number of fused-ring (bicyclic) bond motifs is 1. The van der Waals surface area contributed by atoms with E-state index < -0.39 is 0 Å². The first-order valence-corrected chi connectivity index (χ1v) is 4.47. The zero-order chi connectivity index (χ0) is 7.68. The highest BCUT2D eigenvalue weighted by molar-refractivity contribution is 7.99. The van der Waals surface area contributed by atoms with E-state index in [4.69, 9.17) is 5.11 Å². The molecule has 1 aromatic carbocycles. The second-order valence-corrected chi connectivity index (χ2v) is 3.50.